The van der Waals surface area contributed by atoms with Crippen molar-refractivity contribution < 1.29 is 19.1 Å². The maximum absolute atomic E-state index is 13.7. The van der Waals surface area contributed by atoms with E-state index in [1.165, 1.54) is 0 Å². The van der Waals surface area contributed by atoms with Crippen LogP contribution in [0.4, 0.5) is 0 Å². The summed E-state index contributed by atoms with van der Waals surface area (Å²) in [5.74, 6) is -1.46. The van der Waals surface area contributed by atoms with Gasteiger partial charge in [-0.1, -0.05) is 63.2 Å². The normalized spacial score (nSPS) is 16.4. The Kier molecular flexibility index (Phi) is 6.00. The average Bonchev–Trinajstić information content (AvgIpc) is 3.58. The Balaban J connectivity index is 1.51. The second-order valence-electron chi connectivity index (χ2n) is 10.2. The molecule has 0 fully saturated rings. The van der Waals surface area contributed by atoms with Gasteiger partial charge >= 0.3 is 0 Å². The van der Waals surface area contributed by atoms with Gasteiger partial charge in [-0.05, 0) is 35.1 Å². The van der Waals surface area contributed by atoms with Crippen molar-refractivity contribution in [2.24, 2.45) is 0 Å². The number of amides is 1. The molecule has 5 rings (SSSR count). The fourth-order valence-electron chi connectivity index (χ4n) is 4.70. The third-order valence-corrected chi connectivity index (χ3v) is 6.66. The Morgan fingerprint density at radius 3 is 2.50 bits per heavy atom. The molecule has 7 heteroatoms. The second-order valence-corrected chi connectivity index (χ2v) is 10.2. The molecule has 0 aliphatic carbocycles. The number of hydrogen-bond acceptors (Lipinski definition) is 5. The van der Waals surface area contributed by atoms with Crippen molar-refractivity contribution in [1.82, 2.24) is 14.5 Å². The van der Waals surface area contributed by atoms with Crippen molar-refractivity contribution in [3.8, 4) is 0 Å². The molecule has 1 N–H and O–H groups in total. The van der Waals surface area contributed by atoms with Crippen molar-refractivity contribution in [1.29, 1.82) is 0 Å². The number of para-hydroxylation sites is 1. The molecule has 0 unspecified atom stereocenters. The smallest absolute Gasteiger partial charge is 0.290 e. The van der Waals surface area contributed by atoms with Gasteiger partial charge in [-0.2, -0.15) is 0 Å². The standard InChI is InChI=1S/C29H29N3O4/c1-29(2,3)21-11-9-19(10-12-21)25-24(26(33)23-17-20-7-4-5-8-22(20)36-23)27(34)28(35)32(25)15-6-14-31-16-13-30-18-31/h4-5,7-13,16-18,25,34H,6,14-15H2,1-3H3/t25-/m1/s1. The first-order valence-electron chi connectivity index (χ1n) is 12.1. The number of fused-ring (bicyclic) bond motifs is 1. The molecule has 184 valence electrons. The number of imidazole rings is 1. The highest BCUT2D eigenvalue weighted by atomic mass is 16.3. The highest BCUT2D eigenvalue weighted by molar-refractivity contribution is 6.16. The van der Waals surface area contributed by atoms with Crippen LogP contribution in [-0.2, 0) is 16.8 Å². The number of benzene rings is 2. The molecule has 0 bridgehead atoms. The monoisotopic (exact) mass is 483 g/mol. The molecule has 4 aromatic rings. The Bertz CT molecular complexity index is 1410. The number of aliphatic hydroxyl groups excluding tert-OH is 1. The summed E-state index contributed by atoms with van der Waals surface area (Å²) < 4.78 is 7.74. The number of nitrogens with zero attached hydrogens (tertiary/aromatic N) is 3. The number of aryl methyl sites for hydroxylation is 1. The van der Waals surface area contributed by atoms with E-state index in [2.05, 4.69) is 25.8 Å². The van der Waals surface area contributed by atoms with E-state index in [1.54, 1.807) is 29.6 Å². The zero-order valence-corrected chi connectivity index (χ0v) is 20.6. The molecule has 3 heterocycles. The van der Waals surface area contributed by atoms with E-state index < -0.39 is 23.5 Å². The maximum Gasteiger partial charge on any atom is 0.290 e. The lowest BCUT2D eigenvalue weighted by Crippen LogP contribution is -2.32. The molecule has 1 aliphatic rings. The van der Waals surface area contributed by atoms with E-state index in [0.717, 1.165) is 16.5 Å². The SMILES string of the molecule is CC(C)(C)c1ccc([C@@H]2C(C(=O)c3cc4ccccc4o3)=C(O)C(=O)N2CCCn2ccnc2)cc1. The third kappa shape index (κ3) is 4.33. The number of rotatable bonds is 7. The number of hydrogen-bond donors (Lipinski definition) is 1. The van der Waals surface area contributed by atoms with E-state index in [9.17, 15) is 14.7 Å². The van der Waals surface area contributed by atoms with Crippen LogP contribution in [-0.4, -0.2) is 37.8 Å². The van der Waals surface area contributed by atoms with Crippen LogP contribution in [0.15, 0.2) is 89.1 Å². The first-order chi connectivity index (χ1) is 17.2. The molecule has 1 aliphatic heterocycles. The summed E-state index contributed by atoms with van der Waals surface area (Å²) >= 11 is 0. The second kappa shape index (κ2) is 9.15. The summed E-state index contributed by atoms with van der Waals surface area (Å²) in [6.45, 7) is 7.42. The van der Waals surface area contributed by atoms with Gasteiger partial charge in [-0.3, -0.25) is 9.59 Å². The molecular weight excluding hydrogens is 454 g/mol. The van der Waals surface area contributed by atoms with Crippen LogP contribution in [0.1, 0.15) is 54.9 Å². The minimum absolute atomic E-state index is 0.0422. The summed E-state index contributed by atoms with van der Waals surface area (Å²) in [4.78, 5) is 32.6. The van der Waals surface area contributed by atoms with Crippen LogP contribution in [0.5, 0.6) is 0 Å². The predicted octanol–water partition coefficient (Wildman–Crippen LogP) is 5.60. The van der Waals surface area contributed by atoms with Gasteiger partial charge in [-0.15, -0.1) is 0 Å². The molecule has 36 heavy (non-hydrogen) atoms. The Morgan fingerprint density at radius 2 is 1.83 bits per heavy atom. The van der Waals surface area contributed by atoms with Crippen LogP contribution in [0.2, 0.25) is 0 Å². The van der Waals surface area contributed by atoms with Crippen LogP contribution < -0.4 is 0 Å². The number of aromatic nitrogens is 2. The lowest BCUT2D eigenvalue weighted by Gasteiger charge is -2.27. The van der Waals surface area contributed by atoms with Gasteiger partial charge in [0, 0.05) is 30.9 Å². The lowest BCUT2D eigenvalue weighted by molar-refractivity contribution is -0.129. The van der Waals surface area contributed by atoms with Gasteiger partial charge in [0.15, 0.2) is 11.5 Å². The lowest BCUT2D eigenvalue weighted by atomic mass is 9.85. The largest absolute Gasteiger partial charge is 0.503 e. The first kappa shape index (κ1) is 23.6. The fourth-order valence-corrected chi connectivity index (χ4v) is 4.70. The number of aliphatic hydroxyl groups is 1. The van der Waals surface area contributed by atoms with Gasteiger partial charge in [0.25, 0.3) is 5.91 Å². The molecule has 2 aromatic carbocycles. The highest BCUT2D eigenvalue weighted by Crippen LogP contribution is 2.40. The number of Topliss-reactive ketones (excluding diaryl/α,β-unsaturated/α-hetero) is 1. The zero-order valence-electron chi connectivity index (χ0n) is 20.6. The molecule has 0 saturated carbocycles. The maximum atomic E-state index is 13.7. The molecule has 0 radical (unpaired) electrons. The quantitative estimate of drug-likeness (QED) is 0.346. The van der Waals surface area contributed by atoms with Gasteiger partial charge in [0.05, 0.1) is 17.9 Å². The topological polar surface area (TPSA) is 88.6 Å². The number of furan rings is 1. The van der Waals surface area contributed by atoms with Gasteiger partial charge in [0.2, 0.25) is 5.78 Å². The predicted molar refractivity (Wildman–Crippen MR) is 137 cm³/mol. The third-order valence-electron chi connectivity index (χ3n) is 6.66. The van der Waals surface area contributed by atoms with Crippen molar-refractivity contribution in [3.63, 3.8) is 0 Å². The van der Waals surface area contributed by atoms with Gasteiger partial charge in [-0.25, -0.2) is 4.98 Å². The minimum Gasteiger partial charge on any atom is -0.503 e. The minimum atomic E-state index is -0.713. The fraction of sp³-hybridized carbons (Fsp3) is 0.276. The number of carbonyl (C=O) groups is 2. The van der Waals surface area contributed by atoms with E-state index in [1.807, 2.05) is 53.2 Å². The van der Waals surface area contributed by atoms with Crippen molar-refractivity contribution in [3.05, 3.63) is 102 Å². The summed E-state index contributed by atoms with van der Waals surface area (Å²) in [7, 11) is 0. The summed E-state index contributed by atoms with van der Waals surface area (Å²) in [6, 6.07) is 16.2. The molecule has 1 atom stereocenters. The van der Waals surface area contributed by atoms with Gasteiger partial charge in [0.1, 0.15) is 5.58 Å². The number of ketones is 1. The molecule has 7 nitrogen and oxygen atoms in total. The van der Waals surface area contributed by atoms with Crippen LogP contribution in [0, 0.1) is 0 Å². The molecule has 2 aromatic heterocycles. The van der Waals surface area contributed by atoms with Crippen LogP contribution in [0.3, 0.4) is 0 Å². The Labute approximate surface area is 209 Å². The van der Waals surface area contributed by atoms with E-state index >= 15 is 0 Å². The van der Waals surface area contributed by atoms with E-state index in [0.29, 0.717) is 25.1 Å². The highest BCUT2D eigenvalue weighted by Gasteiger charge is 2.44. The molecule has 0 spiro atoms. The Hall–Kier alpha value is -4.13. The molecule has 0 saturated heterocycles. The Morgan fingerprint density at radius 1 is 1.08 bits per heavy atom. The van der Waals surface area contributed by atoms with E-state index in [-0.39, 0.29) is 16.7 Å². The summed E-state index contributed by atoms with van der Waals surface area (Å²) in [5, 5.41) is 11.7. The van der Waals surface area contributed by atoms with Crippen molar-refractivity contribution in [2.45, 2.75) is 45.2 Å². The average molecular weight is 484 g/mol. The molecular formula is C29H29N3O4. The van der Waals surface area contributed by atoms with Crippen LogP contribution in [0.25, 0.3) is 11.0 Å². The van der Waals surface area contributed by atoms with Gasteiger partial charge < -0.3 is 19.0 Å². The first-order valence-corrected chi connectivity index (χ1v) is 12.1. The molecule has 1 amide bonds. The number of carbonyl (C=O) groups excluding carboxylic acids is 2. The van der Waals surface area contributed by atoms with Crippen LogP contribution >= 0.6 is 0 Å². The zero-order chi connectivity index (χ0) is 25.4. The van der Waals surface area contributed by atoms with Crippen molar-refractivity contribution >= 4 is 22.7 Å². The summed E-state index contributed by atoms with van der Waals surface area (Å²) in [5.41, 5.74) is 2.49. The van der Waals surface area contributed by atoms with E-state index in [4.69, 9.17) is 4.42 Å². The van der Waals surface area contributed by atoms with Crippen molar-refractivity contribution in [2.75, 3.05) is 6.54 Å². The summed E-state index contributed by atoms with van der Waals surface area (Å²) in [6.07, 6.45) is 5.93.